The Kier molecular flexibility index (Phi) is 3.58. The molecule has 0 aliphatic heterocycles. The van der Waals surface area contributed by atoms with Crippen LogP contribution in [0.5, 0.6) is 0 Å². The molecule has 0 bridgehead atoms. The van der Waals surface area contributed by atoms with Crippen LogP contribution in [0.3, 0.4) is 0 Å². The fraction of sp³-hybridized carbons (Fsp3) is 0.286. The van der Waals surface area contributed by atoms with Gasteiger partial charge in [-0.3, -0.25) is 9.78 Å². The lowest BCUT2D eigenvalue weighted by atomic mass is 10.1. The van der Waals surface area contributed by atoms with Crippen LogP contribution in [0.2, 0.25) is 0 Å². The molecule has 0 aliphatic rings. The highest BCUT2D eigenvalue weighted by Gasteiger charge is 2.14. The van der Waals surface area contributed by atoms with Gasteiger partial charge in [0.2, 0.25) is 5.91 Å². The van der Waals surface area contributed by atoms with Crippen molar-refractivity contribution in [3.05, 3.63) is 42.2 Å². The molecule has 0 fully saturated rings. The number of nitrogens with zero attached hydrogens (tertiary/aromatic N) is 2. The topological polar surface area (TPSA) is 59.2 Å². The summed E-state index contributed by atoms with van der Waals surface area (Å²) < 4.78 is 0. The van der Waals surface area contributed by atoms with Crippen LogP contribution in [0.15, 0.2) is 36.5 Å². The van der Waals surface area contributed by atoms with Crippen molar-refractivity contribution in [3.63, 3.8) is 0 Å². The van der Waals surface area contributed by atoms with Crippen molar-refractivity contribution in [1.82, 2.24) is 9.88 Å². The fourth-order valence-electron chi connectivity index (χ4n) is 1.96. The molecule has 0 saturated carbocycles. The highest BCUT2D eigenvalue weighted by atomic mass is 16.2. The van der Waals surface area contributed by atoms with Gasteiger partial charge in [0.25, 0.3) is 0 Å². The van der Waals surface area contributed by atoms with Crippen molar-refractivity contribution in [3.8, 4) is 0 Å². The molecular formula is C14H17N3O. The first kappa shape index (κ1) is 12.5. The Morgan fingerprint density at radius 2 is 2.11 bits per heavy atom. The molecule has 2 N–H and O–H groups in total. The van der Waals surface area contributed by atoms with E-state index in [4.69, 9.17) is 5.73 Å². The van der Waals surface area contributed by atoms with Crippen molar-refractivity contribution in [2.45, 2.75) is 19.5 Å². The normalized spacial score (nSPS) is 12.4. The largest absolute Gasteiger partial charge is 0.338 e. The summed E-state index contributed by atoms with van der Waals surface area (Å²) in [4.78, 5) is 17.7. The van der Waals surface area contributed by atoms with Gasteiger partial charge in [-0.1, -0.05) is 24.3 Å². The van der Waals surface area contributed by atoms with Gasteiger partial charge in [-0.05, 0) is 18.4 Å². The van der Waals surface area contributed by atoms with E-state index < -0.39 is 6.04 Å². The van der Waals surface area contributed by atoms with E-state index in [0.717, 1.165) is 16.5 Å². The number of fused-ring (bicyclic) bond motifs is 1. The summed E-state index contributed by atoms with van der Waals surface area (Å²) in [5.41, 5.74) is 6.48. The number of likely N-dealkylation sites (N-methyl/N-ethyl adjacent to an activating group) is 1. The van der Waals surface area contributed by atoms with Crippen LogP contribution in [-0.4, -0.2) is 28.9 Å². The summed E-state index contributed by atoms with van der Waals surface area (Å²) >= 11 is 0. The van der Waals surface area contributed by atoms with Gasteiger partial charge in [-0.15, -0.1) is 0 Å². The number of hydrogen-bond donors (Lipinski definition) is 1. The maximum absolute atomic E-state index is 11.8. The molecular weight excluding hydrogens is 226 g/mol. The van der Waals surface area contributed by atoms with Gasteiger partial charge in [0.1, 0.15) is 0 Å². The van der Waals surface area contributed by atoms with Gasteiger partial charge in [0.05, 0.1) is 18.3 Å². The molecule has 1 heterocycles. The molecule has 4 nitrogen and oxygen atoms in total. The van der Waals surface area contributed by atoms with Crippen molar-refractivity contribution in [1.29, 1.82) is 0 Å². The molecule has 1 aromatic heterocycles. The number of hydrogen-bond acceptors (Lipinski definition) is 3. The first-order valence-electron chi connectivity index (χ1n) is 5.93. The van der Waals surface area contributed by atoms with E-state index in [1.54, 1.807) is 25.1 Å². The molecule has 2 rings (SSSR count). The average molecular weight is 243 g/mol. The Hall–Kier alpha value is -1.94. The first-order valence-corrected chi connectivity index (χ1v) is 5.93. The minimum atomic E-state index is -0.482. The smallest absolute Gasteiger partial charge is 0.239 e. The van der Waals surface area contributed by atoms with E-state index in [1.165, 1.54) is 0 Å². The van der Waals surface area contributed by atoms with Gasteiger partial charge < -0.3 is 10.6 Å². The summed E-state index contributed by atoms with van der Waals surface area (Å²) in [6.45, 7) is 2.16. The lowest BCUT2D eigenvalue weighted by Crippen LogP contribution is -2.39. The van der Waals surface area contributed by atoms with E-state index in [9.17, 15) is 4.79 Å². The lowest BCUT2D eigenvalue weighted by molar-refractivity contribution is -0.131. The number of carbonyl (C=O) groups excluding carboxylic acids is 1. The van der Waals surface area contributed by atoms with E-state index in [-0.39, 0.29) is 5.91 Å². The summed E-state index contributed by atoms with van der Waals surface area (Å²) in [5, 5.41) is 2.20. The van der Waals surface area contributed by atoms with Crippen molar-refractivity contribution in [2.75, 3.05) is 7.05 Å². The highest BCUT2D eigenvalue weighted by Crippen LogP contribution is 2.17. The van der Waals surface area contributed by atoms with Gasteiger partial charge in [0.15, 0.2) is 0 Å². The Morgan fingerprint density at radius 3 is 2.83 bits per heavy atom. The summed E-state index contributed by atoms with van der Waals surface area (Å²) in [6.07, 6.45) is 1.77. The molecule has 1 amide bonds. The van der Waals surface area contributed by atoms with Crippen molar-refractivity contribution < 1.29 is 4.79 Å². The molecule has 1 aromatic carbocycles. The van der Waals surface area contributed by atoms with Crippen LogP contribution in [0.1, 0.15) is 12.6 Å². The Morgan fingerprint density at radius 1 is 1.39 bits per heavy atom. The maximum Gasteiger partial charge on any atom is 0.239 e. The molecule has 1 atom stereocenters. The number of pyridine rings is 1. The second-order valence-electron chi connectivity index (χ2n) is 4.46. The zero-order valence-electron chi connectivity index (χ0n) is 10.6. The molecule has 2 aromatic rings. The lowest BCUT2D eigenvalue weighted by Gasteiger charge is -2.19. The van der Waals surface area contributed by atoms with E-state index >= 15 is 0 Å². The van der Waals surface area contributed by atoms with Gasteiger partial charge in [0, 0.05) is 18.6 Å². The standard InChI is InChI=1S/C14H17N3O/c1-10(15)14(18)17(2)9-13-12-6-4-3-5-11(12)7-8-16-13/h3-8,10H,9,15H2,1-2H3. The summed E-state index contributed by atoms with van der Waals surface area (Å²) in [7, 11) is 1.75. The number of carbonyl (C=O) groups is 1. The molecule has 94 valence electrons. The highest BCUT2D eigenvalue weighted by molar-refractivity contribution is 5.85. The third-order valence-electron chi connectivity index (χ3n) is 2.91. The van der Waals surface area contributed by atoms with Gasteiger partial charge >= 0.3 is 0 Å². The zero-order valence-corrected chi connectivity index (χ0v) is 10.6. The minimum absolute atomic E-state index is 0.0789. The van der Waals surface area contributed by atoms with E-state index in [1.807, 2.05) is 30.3 Å². The summed E-state index contributed by atoms with van der Waals surface area (Å²) in [6, 6.07) is 9.50. The summed E-state index contributed by atoms with van der Waals surface area (Å²) in [5.74, 6) is -0.0789. The Bertz CT molecular complexity index is 560. The van der Waals surface area contributed by atoms with Crippen LogP contribution in [0, 0.1) is 0 Å². The first-order chi connectivity index (χ1) is 8.59. The predicted octanol–water partition coefficient (Wildman–Crippen LogP) is 1.54. The molecule has 4 heteroatoms. The fourth-order valence-corrected chi connectivity index (χ4v) is 1.96. The Labute approximate surface area is 106 Å². The molecule has 0 aliphatic carbocycles. The molecule has 0 saturated heterocycles. The van der Waals surface area contributed by atoms with Crippen molar-refractivity contribution in [2.24, 2.45) is 5.73 Å². The minimum Gasteiger partial charge on any atom is -0.338 e. The van der Waals surface area contributed by atoms with E-state index in [2.05, 4.69) is 4.98 Å². The maximum atomic E-state index is 11.8. The molecule has 0 radical (unpaired) electrons. The van der Waals surface area contributed by atoms with Crippen LogP contribution in [0.4, 0.5) is 0 Å². The van der Waals surface area contributed by atoms with Crippen molar-refractivity contribution >= 4 is 16.7 Å². The third kappa shape index (κ3) is 2.49. The van der Waals surface area contributed by atoms with Crippen LogP contribution in [-0.2, 0) is 11.3 Å². The SMILES string of the molecule is CC(N)C(=O)N(C)Cc1nccc2ccccc12. The Balaban J connectivity index is 2.29. The van der Waals surface area contributed by atoms with Gasteiger partial charge in [-0.25, -0.2) is 0 Å². The number of rotatable bonds is 3. The zero-order chi connectivity index (χ0) is 13.1. The van der Waals surface area contributed by atoms with Crippen LogP contribution < -0.4 is 5.73 Å². The number of nitrogens with two attached hydrogens (primary N) is 1. The average Bonchev–Trinajstić information content (AvgIpc) is 2.38. The van der Waals surface area contributed by atoms with Gasteiger partial charge in [-0.2, -0.15) is 0 Å². The van der Waals surface area contributed by atoms with Crippen LogP contribution in [0.25, 0.3) is 10.8 Å². The second-order valence-corrected chi connectivity index (χ2v) is 4.46. The van der Waals surface area contributed by atoms with E-state index in [0.29, 0.717) is 6.54 Å². The second kappa shape index (κ2) is 5.14. The number of aromatic nitrogens is 1. The monoisotopic (exact) mass is 243 g/mol. The number of benzene rings is 1. The quantitative estimate of drug-likeness (QED) is 0.889. The molecule has 18 heavy (non-hydrogen) atoms. The molecule has 1 unspecified atom stereocenters. The predicted molar refractivity (Wildman–Crippen MR) is 71.9 cm³/mol. The van der Waals surface area contributed by atoms with Crippen LogP contribution >= 0.6 is 0 Å². The third-order valence-corrected chi connectivity index (χ3v) is 2.91. The number of amides is 1. The molecule has 0 spiro atoms.